The third-order valence-corrected chi connectivity index (χ3v) is 4.36. The van der Waals surface area contributed by atoms with Gasteiger partial charge in [0.25, 0.3) is 5.91 Å². The number of carbonyl (C=O) groups is 2. The number of carbonyl (C=O) groups excluding carboxylic acids is 2. The number of hydrogen-bond acceptors (Lipinski definition) is 3. The molecule has 0 saturated heterocycles. The molecule has 2 atom stereocenters. The van der Waals surface area contributed by atoms with Gasteiger partial charge in [0, 0.05) is 19.0 Å². The Balaban J connectivity index is 1.62. The lowest BCUT2D eigenvalue weighted by molar-refractivity contribution is -0.119. The molecule has 0 aliphatic heterocycles. The minimum Gasteiger partial charge on any atom is -0.352 e. The van der Waals surface area contributed by atoms with E-state index in [1.54, 1.807) is 12.1 Å². The van der Waals surface area contributed by atoms with Gasteiger partial charge in [-0.25, -0.2) is 0 Å². The minimum atomic E-state index is -0.177. The number of rotatable bonds is 4. The van der Waals surface area contributed by atoms with E-state index in [1.165, 1.54) is 12.5 Å². The SMILES string of the molecule is CC(=O)NCc1ccc(C(=O)N[C@@H]2Cc3ccccc3[C@H]2N)cc1. The molecular weight excluding hydrogens is 302 g/mol. The Morgan fingerprint density at radius 3 is 2.50 bits per heavy atom. The summed E-state index contributed by atoms with van der Waals surface area (Å²) in [5.74, 6) is -0.207. The second-order valence-electron chi connectivity index (χ2n) is 6.12. The third-order valence-electron chi connectivity index (χ3n) is 4.36. The number of fused-ring (bicyclic) bond motifs is 1. The van der Waals surface area contributed by atoms with Crippen LogP contribution in [0.3, 0.4) is 0 Å². The van der Waals surface area contributed by atoms with Crippen molar-refractivity contribution in [2.24, 2.45) is 5.73 Å². The summed E-state index contributed by atoms with van der Waals surface area (Å²) in [7, 11) is 0. The highest BCUT2D eigenvalue weighted by atomic mass is 16.2. The van der Waals surface area contributed by atoms with E-state index in [9.17, 15) is 9.59 Å². The lowest BCUT2D eigenvalue weighted by atomic mass is 10.1. The number of amides is 2. The molecule has 0 spiro atoms. The van der Waals surface area contributed by atoms with E-state index in [2.05, 4.69) is 16.7 Å². The highest BCUT2D eigenvalue weighted by molar-refractivity contribution is 5.94. The van der Waals surface area contributed by atoms with E-state index in [4.69, 9.17) is 5.73 Å². The molecule has 0 heterocycles. The van der Waals surface area contributed by atoms with Gasteiger partial charge in [-0.2, -0.15) is 0 Å². The average Bonchev–Trinajstić information content (AvgIpc) is 2.90. The van der Waals surface area contributed by atoms with Crippen LogP contribution in [0.5, 0.6) is 0 Å². The Morgan fingerprint density at radius 2 is 1.83 bits per heavy atom. The first kappa shape index (κ1) is 16.2. The van der Waals surface area contributed by atoms with Gasteiger partial charge in [-0.1, -0.05) is 36.4 Å². The average molecular weight is 323 g/mol. The highest BCUT2D eigenvalue weighted by Crippen LogP contribution is 2.29. The van der Waals surface area contributed by atoms with Crippen LogP contribution in [-0.2, 0) is 17.8 Å². The largest absolute Gasteiger partial charge is 0.352 e. The number of nitrogens with two attached hydrogens (primary N) is 1. The maximum Gasteiger partial charge on any atom is 0.251 e. The maximum atomic E-state index is 12.4. The van der Waals surface area contributed by atoms with Crippen molar-refractivity contribution in [3.63, 3.8) is 0 Å². The smallest absolute Gasteiger partial charge is 0.251 e. The summed E-state index contributed by atoms with van der Waals surface area (Å²) < 4.78 is 0. The van der Waals surface area contributed by atoms with Crippen molar-refractivity contribution < 1.29 is 9.59 Å². The van der Waals surface area contributed by atoms with Crippen molar-refractivity contribution in [1.29, 1.82) is 0 Å². The molecular formula is C19H21N3O2. The molecule has 2 amide bonds. The monoisotopic (exact) mass is 323 g/mol. The van der Waals surface area contributed by atoms with E-state index in [-0.39, 0.29) is 23.9 Å². The van der Waals surface area contributed by atoms with Crippen molar-refractivity contribution in [3.8, 4) is 0 Å². The Bertz CT molecular complexity index is 755. The number of nitrogens with one attached hydrogen (secondary N) is 2. The van der Waals surface area contributed by atoms with Crippen LogP contribution in [0.25, 0.3) is 0 Å². The van der Waals surface area contributed by atoms with Crippen molar-refractivity contribution >= 4 is 11.8 Å². The molecule has 24 heavy (non-hydrogen) atoms. The summed E-state index contributed by atoms with van der Waals surface area (Å²) in [5, 5.41) is 5.76. The van der Waals surface area contributed by atoms with E-state index >= 15 is 0 Å². The van der Waals surface area contributed by atoms with Gasteiger partial charge >= 0.3 is 0 Å². The van der Waals surface area contributed by atoms with E-state index < -0.39 is 0 Å². The molecule has 0 unspecified atom stereocenters. The number of hydrogen-bond donors (Lipinski definition) is 3. The molecule has 0 bridgehead atoms. The van der Waals surface area contributed by atoms with Crippen LogP contribution in [0.1, 0.15) is 40.0 Å². The third kappa shape index (κ3) is 3.46. The molecule has 1 aliphatic rings. The zero-order chi connectivity index (χ0) is 17.1. The van der Waals surface area contributed by atoms with Gasteiger partial charge in [-0.3, -0.25) is 9.59 Å². The first-order valence-electron chi connectivity index (χ1n) is 8.02. The van der Waals surface area contributed by atoms with Gasteiger partial charge in [0.1, 0.15) is 0 Å². The topological polar surface area (TPSA) is 84.2 Å². The fraction of sp³-hybridized carbons (Fsp3) is 0.263. The molecule has 3 rings (SSSR count). The van der Waals surface area contributed by atoms with Gasteiger partial charge < -0.3 is 16.4 Å². The molecule has 5 nitrogen and oxygen atoms in total. The van der Waals surface area contributed by atoms with Crippen LogP contribution >= 0.6 is 0 Å². The van der Waals surface area contributed by atoms with Crippen molar-refractivity contribution in [1.82, 2.24) is 10.6 Å². The molecule has 0 saturated carbocycles. The second-order valence-corrected chi connectivity index (χ2v) is 6.12. The zero-order valence-electron chi connectivity index (χ0n) is 13.6. The van der Waals surface area contributed by atoms with Crippen molar-refractivity contribution in [2.45, 2.75) is 32.0 Å². The summed E-state index contributed by atoms with van der Waals surface area (Å²) in [6.45, 7) is 1.94. The Labute approximate surface area is 141 Å². The van der Waals surface area contributed by atoms with Gasteiger partial charge in [0.15, 0.2) is 0 Å². The highest BCUT2D eigenvalue weighted by Gasteiger charge is 2.30. The van der Waals surface area contributed by atoms with Gasteiger partial charge in [0.05, 0.1) is 12.1 Å². The fourth-order valence-corrected chi connectivity index (χ4v) is 3.02. The Hall–Kier alpha value is -2.66. The van der Waals surface area contributed by atoms with Crippen molar-refractivity contribution in [2.75, 3.05) is 0 Å². The predicted molar refractivity (Wildman–Crippen MR) is 92.3 cm³/mol. The Kier molecular flexibility index (Phi) is 4.62. The Morgan fingerprint density at radius 1 is 1.12 bits per heavy atom. The maximum absolute atomic E-state index is 12.4. The summed E-state index contributed by atoms with van der Waals surface area (Å²) in [6.07, 6.45) is 0.754. The molecule has 0 radical (unpaired) electrons. The van der Waals surface area contributed by atoms with Crippen LogP contribution < -0.4 is 16.4 Å². The van der Waals surface area contributed by atoms with Crippen LogP contribution in [-0.4, -0.2) is 17.9 Å². The van der Waals surface area contributed by atoms with Gasteiger partial charge in [-0.15, -0.1) is 0 Å². The molecule has 1 aliphatic carbocycles. The van der Waals surface area contributed by atoms with Crippen LogP contribution in [0.15, 0.2) is 48.5 Å². The lowest BCUT2D eigenvalue weighted by Crippen LogP contribution is -2.40. The first-order chi connectivity index (χ1) is 11.5. The minimum absolute atomic E-state index is 0.0772. The van der Waals surface area contributed by atoms with Crippen LogP contribution in [0.2, 0.25) is 0 Å². The zero-order valence-corrected chi connectivity index (χ0v) is 13.6. The quantitative estimate of drug-likeness (QED) is 0.800. The molecule has 5 heteroatoms. The molecule has 0 aromatic heterocycles. The normalized spacial score (nSPS) is 18.8. The fourth-order valence-electron chi connectivity index (χ4n) is 3.02. The summed E-state index contributed by atoms with van der Waals surface area (Å²) in [6, 6.07) is 15.0. The first-order valence-corrected chi connectivity index (χ1v) is 8.02. The van der Waals surface area contributed by atoms with E-state index in [1.807, 2.05) is 30.3 Å². The van der Waals surface area contributed by atoms with Crippen LogP contribution in [0, 0.1) is 0 Å². The molecule has 4 N–H and O–H groups in total. The van der Waals surface area contributed by atoms with E-state index in [0.29, 0.717) is 12.1 Å². The van der Waals surface area contributed by atoms with Crippen LogP contribution in [0.4, 0.5) is 0 Å². The summed E-state index contributed by atoms with van der Waals surface area (Å²) in [4.78, 5) is 23.4. The summed E-state index contributed by atoms with van der Waals surface area (Å²) in [5.41, 5.74) is 10.1. The molecule has 2 aromatic rings. The van der Waals surface area contributed by atoms with Crippen molar-refractivity contribution in [3.05, 3.63) is 70.8 Å². The van der Waals surface area contributed by atoms with E-state index in [0.717, 1.165) is 17.5 Å². The molecule has 0 fully saturated rings. The standard InChI is InChI=1S/C19H21N3O2/c1-12(23)21-11-13-6-8-14(9-7-13)19(24)22-17-10-15-4-2-3-5-16(15)18(17)20/h2-9,17-18H,10-11,20H2,1H3,(H,21,23)(H,22,24)/t17-,18-/m1/s1. The second kappa shape index (κ2) is 6.84. The van der Waals surface area contributed by atoms with Gasteiger partial charge in [-0.05, 0) is 35.2 Å². The molecule has 124 valence electrons. The molecule has 2 aromatic carbocycles. The number of benzene rings is 2. The lowest BCUT2D eigenvalue weighted by Gasteiger charge is -2.18. The van der Waals surface area contributed by atoms with Gasteiger partial charge in [0.2, 0.25) is 5.91 Å². The summed E-state index contributed by atoms with van der Waals surface area (Å²) >= 11 is 0. The predicted octanol–water partition coefficient (Wildman–Crippen LogP) is 1.68.